The molecule has 136 valence electrons. The first-order valence-electron chi connectivity index (χ1n) is 7.78. The van der Waals surface area contributed by atoms with Gasteiger partial charge in [-0.05, 0) is 36.4 Å². The molecule has 1 N–H and O–H groups in total. The number of methoxy groups -OCH3 is 1. The molecule has 1 aromatic heterocycles. The maximum Gasteiger partial charge on any atom is 0.337 e. The number of ether oxygens (including phenoxy) is 1. The molecule has 9 heteroatoms. The monoisotopic (exact) mass is 366 g/mol. The summed E-state index contributed by atoms with van der Waals surface area (Å²) in [6.07, 6.45) is 1.54. The number of esters is 1. The molecule has 1 amide bonds. The molecule has 0 aliphatic rings. The molecule has 0 saturated heterocycles. The molecule has 0 bridgehead atoms. The number of benzene rings is 2. The van der Waals surface area contributed by atoms with Crippen LogP contribution in [0.3, 0.4) is 0 Å². The van der Waals surface area contributed by atoms with Crippen LogP contribution in [0.2, 0.25) is 0 Å². The van der Waals surface area contributed by atoms with Crippen molar-refractivity contribution in [3.63, 3.8) is 0 Å². The Morgan fingerprint density at radius 1 is 1.15 bits per heavy atom. The lowest BCUT2D eigenvalue weighted by molar-refractivity contribution is -0.384. The first-order chi connectivity index (χ1) is 13.0. The second-order valence-electron chi connectivity index (χ2n) is 5.45. The van der Waals surface area contributed by atoms with Gasteiger partial charge in [-0.3, -0.25) is 14.9 Å². The number of nitrogens with zero attached hydrogens (tertiary/aromatic N) is 3. The molecule has 0 atom stereocenters. The summed E-state index contributed by atoms with van der Waals surface area (Å²) in [6, 6.07) is 13.6. The van der Waals surface area contributed by atoms with E-state index in [-0.39, 0.29) is 11.4 Å². The van der Waals surface area contributed by atoms with Crippen LogP contribution in [0.5, 0.6) is 0 Å². The highest BCUT2D eigenvalue weighted by Crippen LogP contribution is 2.17. The van der Waals surface area contributed by atoms with E-state index in [1.165, 1.54) is 54.4 Å². The molecule has 0 fully saturated rings. The third kappa shape index (κ3) is 3.98. The smallest absolute Gasteiger partial charge is 0.337 e. The van der Waals surface area contributed by atoms with Crippen LogP contribution in [-0.2, 0) is 4.74 Å². The third-order valence-corrected chi connectivity index (χ3v) is 3.69. The van der Waals surface area contributed by atoms with E-state index in [0.29, 0.717) is 16.9 Å². The highest BCUT2D eigenvalue weighted by Gasteiger charge is 2.13. The third-order valence-electron chi connectivity index (χ3n) is 3.69. The molecule has 27 heavy (non-hydrogen) atoms. The molecule has 0 aliphatic heterocycles. The number of non-ortho nitro benzene ring substituents is 1. The van der Waals surface area contributed by atoms with Crippen LogP contribution < -0.4 is 5.32 Å². The summed E-state index contributed by atoms with van der Waals surface area (Å²) in [5.41, 5.74) is 1.38. The van der Waals surface area contributed by atoms with Gasteiger partial charge in [-0.2, -0.15) is 5.10 Å². The van der Waals surface area contributed by atoms with Gasteiger partial charge in [-0.1, -0.05) is 6.07 Å². The standard InChI is InChI=1S/C18H14N4O5/c1-27-18(24)12-5-7-13(8-6-12)19-17(23)16-9-10-21(20-16)14-3-2-4-15(11-14)22(25)26/h2-11H,1H3,(H,19,23). The van der Waals surface area contributed by atoms with Crippen molar-refractivity contribution in [1.82, 2.24) is 9.78 Å². The predicted octanol–water partition coefficient (Wildman–Crippen LogP) is 2.82. The summed E-state index contributed by atoms with van der Waals surface area (Å²) >= 11 is 0. The zero-order chi connectivity index (χ0) is 19.4. The van der Waals surface area contributed by atoms with Crippen molar-refractivity contribution in [2.45, 2.75) is 0 Å². The Balaban J connectivity index is 1.74. The van der Waals surface area contributed by atoms with Crippen molar-refractivity contribution < 1.29 is 19.2 Å². The maximum atomic E-state index is 12.3. The quantitative estimate of drug-likeness (QED) is 0.422. The Hall–Kier alpha value is -4.01. The Kier molecular flexibility index (Phi) is 4.93. The van der Waals surface area contributed by atoms with E-state index in [2.05, 4.69) is 15.2 Å². The van der Waals surface area contributed by atoms with Gasteiger partial charge >= 0.3 is 5.97 Å². The molecular formula is C18H14N4O5. The summed E-state index contributed by atoms with van der Waals surface area (Å²) in [4.78, 5) is 34.1. The highest BCUT2D eigenvalue weighted by atomic mass is 16.6. The molecular weight excluding hydrogens is 352 g/mol. The van der Waals surface area contributed by atoms with Crippen molar-refractivity contribution in [2.24, 2.45) is 0 Å². The minimum Gasteiger partial charge on any atom is -0.465 e. The van der Waals surface area contributed by atoms with Crippen molar-refractivity contribution >= 4 is 23.3 Å². The fraction of sp³-hybridized carbons (Fsp3) is 0.0556. The largest absolute Gasteiger partial charge is 0.465 e. The zero-order valence-electron chi connectivity index (χ0n) is 14.2. The first kappa shape index (κ1) is 17.8. The van der Waals surface area contributed by atoms with E-state index in [0.717, 1.165) is 0 Å². The van der Waals surface area contributed by atoms with Crippen LogP contribution in [0.25, 0.3) is 5.69 Å². The zero-order valence-corrected chi connectivity index (χ0v) is 14.2. The first-order valence-corrected chi connectivity index (χ1v) is 7.78. The fourth-order valence-corrected chi connectivity index (χ4v) is 2.34. The second-order valence-corrected chi connectivity index (χ2v) is 5.45. The van der Waals surface area contributed by atoms with Crippen LogP contribution in [-0.4, -0.2) is 33.7 Å². The summed E-state index contributed by atoms with van der Waals surface area (Å²) in [5.74, 6) is -0.923. The van der Waals surface area contributed by atoms with Gasteiger partial charge in [0.1, 0.15) is 0 Å². The molecule has 0 saturated carbocycles. The Morgan fingerprint density at radius 2 is 1.89 bits per heavy atom. The summed E-state index contributed by atoms with van der Waals surface area (Å²) in [5, 5.41) is 17.7. The molecule has 3 aromatic rings. The molecule has 1 heterocycles. The van der Waals surface area contributed by atoms with Gasteiger partial charge in [0.25, 0.3) is 11.6 Å². The van der Waals surface area contributed by atoms with E-state index in [4.69, 9.17) is 0 Å². The number of nitro benzene ring substituents is 1. The number of amides is 1. The van der Waals surface area contributed by atoms with Crippen LogP contribution in [0.15, 0.2) is 60.8 Å². The number of carbonyl (C=O) groups excluding carboxylic acids is 2. The minimum atomic E-state index is -0.501. The topological polar surface area (TPSA) is 116 Å². The Labute approximate surface area is 153 Å². The normalized spacial score (nSPS) is 10.3. The van der Waals surface area contributed by atoms with Crippen molar-refractivity contribution in [2.75, 3.05) is 12.4 Å². The van der Waals surface area contributed by atoms with E-state index in [1.807, 2.05) is 0 Å². The van der Waals surface area contributed by atoms with Gasteiger partial charge in [-0.15, -0.1) is 0 Å². The van der Waals surface area contributed by atoms with Crippen LogP contribution in [0, 0.1) is 10.1 Å². The Morgan fingerprint density at radius 3 is 2.56 bits per heavy atom. The summed E-state index contributed by atoms with van der Waals surface area (Å²) < 4.78 is 5.99. The van der Waals surface area contributed by atoms with E-state index < -0.39 is 16.8 Å². The van der Waals surface area contributed by atoms with Gasteiger partial charge < -0.3 is 10.1 Å². The molecule has 0 unspecified atom stereocenters. The maximum absolute atomic E-state index is 12.3. The lowest BCUT2D eigenvalue weighted by atomic mass is 10.2. The summed E-state index contributed by atoms with van der Waals surface area (Å²) in [7, 11) is 1.29. The van der Waals surface area contributed by atoms with Gasteiger partial charge in [0.05, 0.1) is 23.3 Å². The van der Waals surface area contributed by atoms with E-state index >= 15 is 0 Å². The molecule has 2 aromatic carbocycles. The molecule has 3 rings (SSSR count). The second kappa shape index (κ2) is 7.48. The highest BCUT2D eigenvalue weighted by molar-refractivity contribution is 6.03. The number of carbonyl (C=O) groups is 2. The van der Waals surface area contributed by atoms with Gasteiger partial charge in [0.15, 0.2) is 5.69 Å². The van der Waals surface area contributed by atoms with Crippen molar-refractivity contribution in [3.8, 4) is 5.69 Å². The van der Waals surface area contributed by atoms with Crippen LogP contribution in [0.4, 0.5) is 11.4 Å². The van der Waals surface area contributed by atoms with Crippen LogP contribution >= 0.6 is 0 Å². The summed E-state index contributed by atoms with van der Waals surface area (Å²) in [6.45, 7) is 0. The average molecular weight is 366 g/mol. The lowest BCUT2D eigenvalue weighted by Gasteiger charge is -2.05. The van der Waals surface area contributed by atoms with E-state index in [1.54, 1.807) is 18.2 Å². The SMILES string of the molecule is COC(=O)c1ccc(NC(=O)c2ccn(-c3cccc([N+](=O)[O-])c3)n2)cc1. The molecule has 9 nitrogen and oxygen atoms in total. The number of aromatic nitrogens is 2. The van der Waals surface area contributed by atoms with Crippen molar-refractivity contribution in [1.29, 1.82) is 0 Å². The fourth-order valence-electron chi connectivity index (χ4n) is 2.34. The van der Waals surface area contributed by atoms with Crippen molar-refractivity contribution in [3.05, 3.63) is 82.2 Å². The molecule has 0 aliphatic carbocycles. The molecule has 0 radical (unpaired) electrons. The minimum absolute atomic E-state index is 0.0697. The molecule has 0 spiro atoms. The number of anilines is 1. The number of hydrogen-bond donors (Lipinski definition) is 1. The number of hydrogen-bond acceptors (Lipinski definition) is 6. The van der Waals surface area contributed by atoms with Gasteiger partial charge in [0.2, 0.25) is 0 Å². The van der Waals surface area contributed by atoms with Crippen LogP contribution in [0.1, 0.15) is 20.8 Å². The number of nitrogens with one attached hydrogen (secondary N) is 1. The van der Waals surface area contributed by atoms with Gasteiger partial charge in [-0.25, -0.2) is 9.48 Å². The Bertz CT molecular complexity index is 1010. The number of rotatable bonds is 5. The lowest BCUT2D eigenvalue weighted by Crippen LogP contribution is -2.13. The predicted molar refractivity (Wildman–Crippen MR) is 96.0 cm³/mol. The number of nitro groups is 1. The average Bonchev–Trinajstić information content (AvgIpc) is 3.18. The van der Waals surface area contributed by atoms with E-state index in [9.17, 15) is 19.7 Å². The van der Waals surface area contributed by atoms with Gasteiger partial charge in [0, 0.05) is 24.0 Å².